The molecule has 0 aliphatic heterocycles. The number of benzene rings is 1. The Morgan fingerprint density at radius 3 is 2.75 bits per heavy atom. The van der Waals surface area contributed by atoms with Crippen LogP contribution in [0.5, 0.6) is 0 Å². The molecule has 2 N–H and O–H groups in total. The molecule has 0 spiro atoms. The predicted octanol–water partition coefficient (Wildman–Crippen LogP) is 2.97. The first-order valence-corrected chi connectivity index (χ1v) is 7.53. The third kappa shape index (κ3) is 3.58. The highest BCUT2D eigenvalue weighted by molar-refractivity contribution is 9.10. The molecule has 0 atom stereocenters. The maximum absolute atomic E-state index is 5.94. The predicted molar refractivity (Wildman–Crippen MR) is 83.3 cm³/mol. The van der Waals surface area contributed by atoms with E-state index in [2.05, 4.69) is 44.8 Å². The topological polar surface area (TPSA) is 68.2 Å². The lowest BCUT2D eigenvalue weighted by Gasteiger charge is -2.16. The van der Waals surface area contributed by atoms with Crippen molar-refractivity contribution in [3.05, 3.63) is 28.5 Å². The molecule has 2 rings (SSSR count). The minimum Gasteiger partial charge on any atom is -0.398 e. The Kier molecular flexibility index (Phi) is 5.14. The lowest BCUT2D eigenvalue weighted by Crippen LogP contribution is -2.25. The number of aromatic nitrogens is 2. The number of nitrogens with zero attached hydrogens (tertiary/aromatic N) is 3. The first-order valence-electron chi connectivity index (χ1n) is 6.74. The molecule has 20 heavy (non-hydrogen) atoms. The highest BCUT2D eigenvalue weighted by Gasteiger charge is 2.12. The number of rotatable bonds is 6. The highest BCUT2D eigenvalue weighted by atomic mass is 79.9. The van der Waals surface area contributed by atoms with Crippen molar-refractivity contribution in [3.8, 4) is 11.5 Å². The Morgan fingerprint density at radius 1 is 1.30 bits per heavy atom. The van der Waals surface area contributed by atoms with Gasteiger partial charge >= 0.3 is 0 Å². The van der Waals surface area contributed by atoms with Gasteiger partial charge in [-0.05, 0) is 31.3 Å². The van der Waals surface area contributed by atoms with Gasteiger partial charge in [0.05, 0.1) is 5.56 Å². The van der Waals surface area contributed by atoms with E-state index in [0.717, 1.165) is 36.1 Å². The maximum atomic E-state index is 5.94. The minimum atomic E-state index is 0.471. The molecule has 0 saturated heterocycles. The summed E-state index contributed by atoms with van der Waals surface area (Å²) in [5.41, 5.74) is 7.34. The van der Waals surface area contributed by atoms with Gasteiger partial charge in [-0.1, -0.05) is 34.9 Å². The highest BCUT2D eigenvalue weighted by Crippen LogP contribution is 2.27. The molecule has 5 nitrogen and oxygen atoms in total. The van der Waals surface area contributed by atoms with Gasteiger partial charge in [-0.3, -0.25) is 0 Å². The molecule has 108 valence electrons. The quantitative estimate of drug-likeness (QED) is 0.820. The second-order valence-corrected chi connectivity index (χ2v) is 5.44. The summed E-state index contributed by atoms with van der Waals surface area (Å²) in [5.74, 6) is 1.18. The number of nitrogen functional groups attached to an aromatic ring is 1. The molecule has 0 saturated carbocycles. The van der Waals surface area contributed by atoms with Gasteiger partial charge in [0, 0.05) is 23.1 Å². The molecule has 0 amide bonds. The van der Waals surface area contributed by atoms with Crippen molar-refractivity contribution in [3.63, 3.8) is 0 Å². The van der Waals surface area contributed by atoms with Crippen LogP contribution in [0.25, 0.3) is 11.5 Å². The summed E-state index contributed by atoms with van der Waals surface area (Å²) in [6, 6.07) is 5.59. The molecular weight excluding hydrogens is 320 g/mol. The normalized spacial score (nSPS) is 11.2. The number of anilines is 1. The Balaban J connectivity index is 2.10. The van der Waals surface area contributed by atoms with E-state index in [4.69, 9.17) is 10.3 Å². The monoisotopic (exact) mass is 338 g/mol. The lowest BCUT2D eigenvalue weighted by molar-refractivity contribution is 0.303. The van der Waals surface area contributed by atoms with Crippen LogP contribution in [0.2, 0.25) is 0 Å². The van der Waals surface area contributed by atoms with Crippen LogP contribution in [-0.4, -0.2) is 34.7 Å². The first kappa shape index (κ1) is 15.0. The van der Waals surface area contributed by atoms with E-state index in [9.17, 15) is 0 Å². The summed E-state index contributed by atoms with van der Waals surface area (Å²) in [4.78, 5) is 6.74. The Morgan fingerprint density at radius 2 is 2.05 bits per heavy atom. The van der Waals surface area contributed by atoms with Gasteiger partial charge < -0.3 is 15.2 Å². The molecular formula is C14H19BrN4O. The molecule has 0 unspecified atom stereocenters. The van der Waals surface area contributed by atoms with Crippen LogP contribution in [0.3, 0.4) is 0 Å². The van der Waals surface area contributed by atoms with Gasteiger partial charge in [0.1, 0.15) is 0 Å². The van der Waals surface area contributed by atoms with Crippen LogP contribution in [0, 0.1) is 0 Å². The van der Waals surface area contributed by atoms with E-state index in [0.29, 0.717) is 17.4 Å². The molecule has 1 aromatic heterocycles. The van der Waals surface area contributed by atoms with Gasteiger partial charge in [0.25, 0.3) is 5.89 Å². The first-order chi connectivity index (χ1) is 9.63. The van der Waals surface area contributed by atoms with Crippen molar-refractivity contribution in [2.75, 3.05) is 25.4 Å². The van der Waals surface area contributed by atoms with E-state index in [-0.39, 0.29) is 0 Å². The van der Waals surface area contributed by atoms with Crippen molar-refractivity contribution in [1.29, 1.82) is 0 Å². The molecule has 1 aromatic carbocycles. The summed E-state index contributed by atoms with van der Waals surface area (Å²) in [5, 5.41) is 4.02. The number of hydrogen-bond acceptors (Lipinski definition) is 5. The smallest absolute Gasteiger partial charge is 0.260 e. The summed E-state index contributed by atoms with van der Waals surface area (Å²) < 4.78 is 6.24. The van der Waals surface area contributed by atoms with E-state index in [1.54, 1.807) is 0 Å². The van der Waals surface area contributed by atoms with Crippen LogP contribution < -0.4 is 5.73 Å². The Labute approximate surface area is 127 Å². The van der Waals surface area contributed by atoms with Gasteiger partial charge in [0.2, 0.25) is 0 Å². The van der Waals surface area contributed by atoms with Crippen LogP contribution in [-0.2, 0) is 6.42 Å². The Bertz CT molecular complexity index is 566. The number of nitrogens with two attached hydrogens (primary N) is 1. The van der Waals surface area contributed by atoms with Gasteiger partial charge in [-0.15, -0.1) is 0 Å². The maximum Gasteiger partial charge on any atom is 0.260 e. The lowest BCUT2D eigenvalue weighted by atomic mass is 10.2. The number of likely N-dealkylation sites (N-methyl/N-ethyl adjacent to an activating group) is 1. The SMILES string of the molecule is CCN(CC)CCc1noc(-c2cc(Br)ccc2N)n1. The summed E-state index contributed by atoms with van der Waals surface area (Å²) in [6.45, 7) is 7.28. The molecule has 0 aliphatic rings. The fourth-order valence-electron chi connectivity index (χ4n) is 1.98. The zero-order valence-electron chi connectivity index (χ0n) is 11.8. The summed E-state index contributed by atoms with van der Waals surface area (Å²) >= 11 is 3.42. The Hall–Kier alpha value is -1.40. The zero-order valence-corrected chi connectivity index (χ0v) is 13.4. The van der Waals surface area contributed by atoms with Gasteiger partial charge in [-0.25, -0.2) is 0 Å². The van der Waals surface area contributed by atoms with E-state index >= 15 is 0 Å². The molecule has 0 fully saturated rings. The van der Waals surface area contributed by atoms with Crippen LogP contribution in [0.4, 0.5) is 5.69 Å². The van der Waals surface area contributed by atoms with E-state index < -0.39 is 0 Å². The third-order valence-corrected chi connectivity index (χ3v) is 3.75. The molecule has 6 heteroatoms. The average Bonchev–Trinajstić information content (AvgIpc) is 2.91. The third-order valence-electron chi connectivity index (χ3n) is 3.26. The van der Waals surface area contributed by atoms with E-state index in [1.165, 1.54) is 0 Å². The van der Waals surface area contributed by atoms with Crippen LogP contribution >= 0.6 is 15.9 Å². The largest absolute Gasteiger partial charge is 0.398 e. The second-order valence-electron chi connectivity index (χ2n) is 4.52. The minimum absolute atomic E-state index is 0.471. The molecule has 0 aliphatic carbocycles. The van der Waals surface area contributed by atoms with Crippen LogP contribution in [0.15, 0.2) is 27.2 Å². The molecule has 0 bridgehead atoms. The number of halogens is 1. The standard InChI is InChI=1S/C14H19BrN4O/c1-3-19(4-2)8-7-13-17-14(20-18-13)11-9-10(15)5-6-12(11)16/h5-6,9H,3-4,7-8,16H2,1-2H3. The number of hydrogen-bond donors (Lipinski definition) is 1. The fraction of sp³-hybridized carbons (Fsp3) is 0.429. The average molecular weight is 339 g/mol. The van der Waals surface area contributed by atoms with Crippen molar-refractivity contribution >= 4 is 21.6 Å². The van der Waals surface area contributed by atoms with Crippen molar-refractivity contribution < 1.29 is 4.52 Å². The van der Waals surface area contributed by atoms with Crippen molar-refractivity contribution in [1.82, 2.24) is 15.0 Å². The van der Waals surface area contributed by atoms with Gasteiger partial charge in [-0.2, -0.15) is 4.98 Å². The molecule has 0 radical (unpaired) electrons. The van der Waals surface area contributed by atoms with Crippen molar-refractivity contribution in [2.45, 2.75) is 20.3 Å². The zero-order chi connectivity index (χ0) is 14.5. The summed E-state index contributed by atoms with van der Waals surface area (Å²) in [7, 11) is 0. The van der Waals surface area contributed by atoms with Crippen molar-refractivity contribution in [2.24, 2.45) is 0 Å². The van der Waals surface area contributed by atoms with E-state index in [1.807, 2.05) is 18.2 Å². The molecule has 2 aromatic rings. The summed E-state index contributed by atoms with van der Waals surface area (Å²) in [6.07, 6.45) is 0.777. The second kappa shape index (κ2) is 6.85. The van der Waals surface area contributed by atoms with Crippen LogP contribution in [0.1, 0.15) is 19.7 Å². The van der Waals surface area contributed by atoms with Gasteiger partial charge in [0.15, 0.2) is 5.82 Å². The molecule has 1 heterocycles. The fourth-order valence-corrected chi connectivity index (χ4v) is 2.34.